The number of hydrogen-bond donors (Lipinski definition) is 0. The van der Waals surface area contributed by atoms with E-state index >= 15 is 0 Å². The second-order valence-corrected chi connectivity index (χ2v) is 2.50. The van der Waals surface area contributed by atoms with Gasteiger partial charge >= 0.3 is 0 Å². The Kier molecular flexibility index (Phi) is 19.8. The maximum atomic E-state index is 2.00. The van der Waals surface area contributed by atoms with Crippen LogP contribution in [-0.4, -0.2) is 0 Å². The van der Waals surface area contributed by atoms with Crippen molar-refractivity contribution >= 4 is 0 Å². The minimum atomic E-state index is 0. The Labute approximate surface area is 106 Å². The van der Waals surface area contributed by atoms with Crippen LogP contribution in [0.1, 0.15) is 13.8 Å². The van der Waals surface area contributed by atoms with Crippen molar-refractivity contribution in [1.82, 2.24) is 0 Å². The predicted octanol–water partition coefficient (Wildman–Crippen LogP) is 3.27. The molecule has 0 spiro atoms. The van der Waals surface area contributed by atoms with Gasteiger partial charge in [-0.1, -0.05) is 0 Å². The summed E-state index contributed by atoms with van der Waals surface area (Å²) in [6.07, 6.45) is 22.0. The van der Waals surface area contributed by atoms with Gasteiger partial charge in [0.25, 0.3) is 0 Å². The fourth-order valence-corrected chi connectivity index (χ4v) is 0.642. The van der Waals surface area contributed by atoms with E-state index in [1.54, 1.807) is 0 Å². The predicted molar refractivity (Wildman–Crippen MR) is 58.6 cm³/mol. The molecule has 0 saturated heterocycles. The van der Waals surface area contributed by atoms with Crippen molar-refractivity contribution in [2.45, 2.75) is 13.8 Å². The van der Waals surface area contributed by atoms with Crippen LogP contribution in [0.4, 0.5) is 0 Å². The molecule has 0 N–H and O–H groups in total. The van der Waals surface area contributed by atoms with Crippen molar-refractivity contribution in [3.8, 4) is 0 Å². The second kappa shape index (κ2) is 16.2. The van der Waals surface area contributed by atoms with E-state index in [4.69, 9.17) is 0 Å². The summed E-state index contributed by atoms with van der Waals surface area (Å²) in [6, 6.07) is 0. The van der Waals surface area contributed by atoms with Gasteiger partial charge in [-0.3, -0.25) is 0 Å². The quantitative estimate of drug-likeness (QED) is 0.435. The van der Waals surface area contributed by atoms with Gasteiger partial charge in [-0.05, 0) is 64.2 Å². The molecule has 0 aliphatic heterocycles. The molecule has 0 aromatic carbocycles. The maximum absolute atomic E-state index is 2.00. The normalized spacial score (nSPS) is 18.4. The fraction of sp³-hybridized carbons (Fsp3) is 0.154. The molecule has 10 radical (unpaired) electrons. The molecule has 0 aromatic heterocycles. The summed E-state index contributed by atoms with van der Waals surface area (Å²) in [6.45, 7) is 4.00. The van der Waals surface area contributed by atoms with Crippen molar-refractivity contribution in [2.75, 3.05) is 0 Å². The summed E-state index contributed by atoms with van der Waals surface area (Å²) in [5.74, 6) is 0. The molecule has 0 heterocycles. The van der Waals surface area contributed by atoms with E-state index in [1.807, 2.05) is 84.5 Å². The smallest absolute Gasteiger partial charge is 0 e. The fourth-order valence-electron chi connectivity index (χ4n) is 0.642. The van der Waals surface area contributed by atoms with Crippen LogP contribution in [0.25, 0.3) is 0 Å². The molecule has 1 heteroatoms. The molecule has 2 aliphatic carbocycles. The Hall–Kier alpha value is 0.714. The molecule has 0 aromatic rings. The Morgan fingerprint density at radius 2 is 0.571 bits per heavy atom. The van der Waals surface area contributed by atoms with Gasteiger partial charge in [0.05, 0.1) is 0 Å². The van der Waals surface area contributed by atoms with Crippen molar-refractivity contribution in [3.63, 3.8) is 0 Å². The molecule has 2 fully saturated rings. The molecule has 2 rings (SSSR count). The van der Waals surface area contributed by atoms with Gasteiger partial charge in [0.1, 0.15) is 0 Å². The molecule has 0 amide bonds. The van der Waals surface area contributed by atoms with Gasteiger partial charge < -0.3 is 6.42 Å². The van der Waals surface area contributed by atoms with E-state index in [9.17, 15) is 0 Å². The van der Waals surface area contributed by atoms with E-state index < -0.39 is 0 Å². The Balaban J connectivity index is 0. The van der Waals surface area contributed by atoms with E-state index in [2.05, 4.69) is 0 Å². The van der Waals surface area contributed by atoms with Crippen LogP contribution < -0.4 is 0 Å². The standard InChI is InChI=1S/2C5H5.C3H7.Ti/c2*1-2-4-5-3-1;1-3-2;/h2*1-5H;3H,1-2H3;/q;;-1;. The molecule has 14 heavy (non-hydrogen) atoms. The van der Waals surface area contributed by atoms with E-state index in [1.165, 1.54) is 0 Å². The molecule has 0 nitrogen and oxygen atoms in total. The average molecular weight is 221 g/mol. The van der Waals surface area contributed by atoms with Crippen LogP contribution in [-0.2, 0) is 21.7 Å². The summed E-state index contributed by atoms with van der Waals surface area (Å²) < 4.78 is 0. The van der Waals surface area contributed by atoms with E-state index in [-0.39, 0.29) is 21.7 Å². The second-order valence-electron chi connectivity index (χ2n) is 2.50. The van der Waals surface area contributed by atoms with E-state index in [0.717, 1.165) is 0 Å². The van der Waals surface area contributed by atoms with Crippen LogP contribution in [0, 0.1) is 70.6 Å². The first-order valence-corrected chi connectivity index (χ1v) is 4.49. The zero-order valence-electron chi connectivity index (χ0n) is 8.85. The minimum absolute atomic E-state index is 0. The average Bonchev–Trinajstić information content (AvgIpc) is 2.85. The summed E-state index contributed by atoms with van der Waals surface area (Å²) >= 11 is 0. The van der Waals surface area contributed by atoms with Gasteiger partial charge in [0.15, 0.2) is 0 Å². The van der Waals surface area contributed by atoms with Crippen LogP contribution in [0.5, 0.6) is 0 Å². The first kappa shape index (κ1) is 17.1. The zero-order chi connectivity index (χ0) is 9.78. The van der Waals surface area contributed by atoms with Gasteiger partial charge in [-0.25, -0.2) is 0 Å². The monoisotopic (exact) mass is 221 g/mol. The molecular weight excluding hydrogens is 204 g/mol. The summed E-state index contributed by atoms with van der Waals surface area (Å²) in [7, 11) is 0. The third-order valence-corrected chi connectivity index (χ3v) is 1.11. The van der Waals surface area contributed by atoms with Gasteiger partial charge in [0.2, 0.25) is 0 Å². The van der Waals surface area contributed by atoms with Crippen LogP contribution >= 0.6 is 0 Å². The first-order valence-electron chi connectivity index (χ1n) is 4.49. The Morgan fingerprint density at radius 1 is 0.500 bits per heavy atom. The third kappa shape index (κ3) is 15.2. The number of rotatable bonds is 0. The summed E-state index contributed by atoms with van der Waals surface area (Å²) in [5.41, 5.74) is 0. The molecule has 2 aliphatic rings. The largest absolute Gasteiger partial charge is 0.335 e. The van der Waals surface area contributed by atoms with E-state index in [0.29, 0.717) is 0 Å². The molecular formula is C13H17Ti-. The molecule has 2 saturated carbocycles. The van der Waals surface area contributed by atoms with Crippen molar-refractivity contribution in [3.05, 3.63) is 70.6 Å². The first-order chi connectivity index (χ1) is 6.41. The zero-order valence-corrected chi connectivity index (χ0v) is 10.4. The van der Waals surface area contributed by atoms with Gasteiger partial charge in [-0.15, -0.1) is 0 Å². The van der Waals surface area contributed by atoms with Crippen LogP contribution in [0.2, 0.25) is 0 Å². The summed E-state index contributed by atoms with van der Waals surface area (Å²) in [4.78, 5) is 0. The SMILES string of the molecule is C[CH-]C.[CH]1[CH][CH][CH][CH]1.[CH]1[CH][CH][CH][CH]1.[Ti]. The topological polar surface area (TPSA) is 0 Å². The third-order valence-electron chi connectivity index (χ3n) is 1.11. The maximum Gasteiger partial charge on any atom is 0 e. The Morgan fingerprint density at radius 3 is 0.643 bits per heavy atom. The molecule has 0 unspecified atom stereocenters. The van der Waals surface area contributed by atoms with Crippen LogP contribution in [0.3, 0.4) is 0 Å². The number of hydrogen-bond acceptors (Lipinski definition) is 0. The summed E-state index contributed by atoms with van der Waals surface area (Å²) in [5, 5.41) is 0. The molecule has 74 valence electrons. The van der Waals surface area contributed by atoms with Crippen molar-refractivity contribution in [1.29, 1.82) is 0 Å². The van der Waals surface area contributed by atoms with Crippen molar-refractivity contribution < 1.29 is 21.7 Å². The minimum Gasteiger partial charge on any atom is -0.335 e. The van der Waals surface area contributed by atoms with Gasteiger partial charge in [0, 0.05) is 21.7 Å². The molecule has 0 atom stereocenters. The molecule has 0 bridgehead atoms. The Bertz CT molecular complexity index is 48.1. The van der Waals surface area contributed by atoms with Gasteiger partial charge in [-0.2, -0.15) is 13.8 Å². The van der Waals surface area contributed by atoms with Crippen LogP contribution in [0.15, 0.2) is 0 Å². The van der Waals surface area contributed by atoms with Crippen molar-refractivity contribution in [2.24, 2.45) is 0 Å².